The van der Waals surface area contributed by atoms with Gasteiger partial charge in [0.05, 0.1) is 12.1 Å². The summed E-state index contributed by atoms with van der Waals surface area (Å²) >= 11 is 0. The number of nitrogens with two attached hydrogens (primary N) is 1. The van der Waals surface area contributed by atoms with Gasteiger partial charge in [0.15, 0.2) is 0 Å². The molecule has 0 aromatic rings. The Morgan fingerprint density at radius 2 is 2.14 bits per heavy atom. The predicted octanol–water partition coefficient (Wildman–Crippen LogP) is 0.317. The van der Waals surface area contributed by atoms with Gasteiger partial charge in [0.25, 0.3) is 0 Å². The SMILES string of the molecule is CC(C)(C)OC(=O)C1CC2C(N)N2C1. The van der Waals surface area contributed by atoms with Crippen molar-refractivity contribution in [3.05, 3.63) is 0 Å². The van der Waals surface area contributed by atoms with Crippen molar-refractivity contribution in [3.63, 3.8) is 0 Å². The summed E-state index contributed by atoms with van der Waals surface area (Å²) < 4.78 is 5.32. The lowest BCUT2D eigenvalue weighted by molar-refractivity contribution is -0.159. The van der Waals surface area contributed by atoms with Gasteiger partial charge in [-0.25, -0.2) is 0 Å². The molecule has 0 amide bonds. The fraction of sp³-hybridized carbons (Fsp3) is 0.900. The summed E-state index contributed by atoms with van der Waals surface area (Å²) in [6.45, 7) is 6.46. The van der Waals surface area contributed by atoms with Crippen LogP contribution in [0.4, 0.5) is 0 Å². The molecule has 4 unspecified atom stereocenters. The number of hydrogen-bond donors (Lipinski definition) is 1. The molecule has 0 radical (unpaired) electrons. The Balaban J connectivity index is 1.84. The second-order valence-electron chi connectivity index (χ2n) is 5.22. The molecule has 0 aliphatic carbocycles. The Morgan fingerprint density at radius 3 is 2.57 bits per heavy atom. The molecule has 80 valence electrons. The molecule has 2 aliphatic rings. The summed E-state index contributed by atoms with van der Waals surface area (Å²) in [6.07, 6.45) is 1.07. The number of carbonyl (C=O) groups excluding carboxylic acids is 1. The van der Waals surface area contributed by atoms with Gasteiger partial charge in [-0.1, -0.05) is 0 Å². The van der Waals surface area contributed by atoms with Crippen LogP contribution in [0.3, 0.4) is 0 Å². The molecule has 0 bridgehead atoms. The van der Waals surface area contributed by atoms with Crippen molar-refractivity contribution in [1.82, 2.24) is 4.90 Å². The van der Waals surface area contributed by atoms with Gasteiger partial charge in [-0.05, 0) is 27.2 Å². The van der Waals surface area contributed by atoms with Crippen LogP contribution >= 0.6 is 0 Å². The third kappa shape index (κ3) is 1.77. The second-order valence-corrected chi connectivity index (χ2v) is 5.22. The lowest BCUT2D eigenvalue weighted by Gasteiger charge is -2.22. The zero-order valence-electron chi connectivity index (χ0n) is 8.99. The van der Waals surface area contributed by atoms with Crippen LogP contribution in [0.25, 0.3) is 0 Å². The molecule has 14 heavy (non-hydrogen) atoms. The summed E-state index contributed by atoms with van der Waals surface area (Å²) in [4.78, 5) is 13.8. The van der Waals surface area contributed by atoms with Gasteiger partial charge in [0.1, 0.15) is 5.60 Å². The number of esters is 1. The maximum atomic E-state index is 11.6. The molecule has 0 saturated carbocycles. The van der Waals surface area contributed by atoms with Crippen LogP contribution in [0, 0.1) is 5.92 Å². The van der Waals surface area contributed by atoms with E-state index in [0.717, 1.165) is 13.0 Å². The number of hydrogen-bond acceptors (Lipinski definition) is 4. The van der Waals surface area contributed by atoms with E-state index in [0.29, 0.717) is 6.04 Å². The number of piperidine rings is 1. The Labute approximate surface area is 84.4 Å². The number of nitrogens with zero attached hydrogens (tertiary/aromatic N) is 1. The molecule has 4 heteroatoms. The van der Waals surface area contributed by atoms with Crippen LogP contribution in [-0.4, -0.2) is 35.2 Å². The van der Waals surface area contributed by atoms with Crippen molar-refractivity contribution in [2.75, 3.05) is 6.54 Å². The van der Waals surface area contributed by atoms with E-state index in [-0.39, 0.29) is 23.7 Å². The largest absolute Gasteiger partial charge is 0.460 e. The average molecular weight is 198 g/mol. The highest BCUT2D eigenvalue weighted by Gasteiger charge is 2.54. The third-order valence-corrected chi connectivity index (χ3v) is 2.81. The van der Waals surface area contributed by atoms with E-state index in [1.165, 1.54) is 0 Å². The maximum Gasteiger partial charge on any atom is 0.310 e. The number of rotatable bonds is 1. The summed E-state index contributed by atoms with van der Waals surface area (Å²) in [5.41, 5.74) is 5.36. The first-order chi connectivity index (χ1) is 6.38. The molecule has 2 fully saturated rings. The molecule has 0 aromatic carbocycles. The number of carbonyl (C=O) groups is 1. The highest BCUT2D eigenvalue weighted by atomic mass is 16.6. The summed E-state index contributed by atoms with van der Waals surface area (Å²) in [6, 6.07) is 0.438. The lowest BCUT2D eigenvalue weighted by Crippen LogP contribution is -2.32. The Bertz CT molecular complexity index is 247. The van der Waals surface area contributed by atoms with Crippen molar-refractivity contribution in [1.29, 1.82) is 0 Å². The molecule has 2 N–H and O–H groups in total. The monoisotopic (exact) mass is 198 g/mol. The molecule has 0 spiro atoms. The number of fused-ring (bicyclic) bond motifs is 1. The molecular weight excluding hydrogens is 180 g/mol. The summed E-state index contributed by atoms with van der Waals surface area (Å²) in [5, 5.41) is 0. The fourth-order valence-corrected chi connectivity index (χ4v) is 2.06. The smallest absolute Gasteiger partial charge is 0.310 e. The van der Waals surface area contributed by atoms with Crippen molar-refractivity contribution < 1.29 is 9.53 Å². The third-order valence-electron chi connectivity index (χ3n) is 2.81. The normalized spacial score (nSPS) is 40.6. The van der Waals surface area contributed by atoms with Crippen molar-refractivity contribution >= 4 is 5.97 Å². The lowest BCUT2D eigenvalue weighted by atomic mass is 10.0. The van der Waals surface area contributed by atoms with E-state index >= 15 is 0 Å². The van der Waals surface area contributed by atoms with E-state index in [4.69, 9.17) is 10.5 Å². The van der Waals surface area contributed by atoms with Crippen LogP contribution in [-0.2, 0) is 9.53 Å². The van der Waals surface area contributed by atoms with Gasteiger partial charge in [-0.15, -0.1) is 0 Å². The summed E-state index contributed by atoms with van der Waals surface area (Å²) in [5.74, 6) is -0.0316. The van der Waals surface area contributed by atoms with Crippen LogP contribution in [0.1, 0.15) is 27.2 Å². The first-order valence-electron chi connectivity index (χ1n) is 5.13. The van der Waals surface area contributed by atoms with Crippen LogP contribution < -0.4 is 5.73 Å². The molecule has 2 saturated heterocycles. The predicted molar refractivity (Wildman–Crippen MR) is 52.4 cm³/mol. The Kier molecular flexibility index (Phi) is 2.08. The molecule has 2 heterocycles. The van der Waals surface area contributed by atoms with Crippen molar-refractivity contribution in [3.8, 4) is 0 Å². The quantitative estimate of drug-likeness (QED) is 0.487. The van der Waals surface area contributed by atoms with E-state index in [1.807, 2.05) is 20.8 Å². The molecular formula is C10H18N2O2. The number of ether oxygens (including phenoxy) is 1. The first kappa shape index (κ1) is 9.93. The van der Waals surface area contributed by atoms with E-state index in [1.54, 1.807) is 0 Å². The zero-order valence-corrected chi connectivity index (χ0v) is 8.99. The Hall–Kier alpha value is -0.610. The van der Waals surface area contributed by atoms with Gasteiger partial charge in [-0.3, -0.25) is 9.69 Å². The highest BCUT2D eigenvalue weighted by Crippen LogP contribution is 2.39. The van der Waals surface area contributed by atoms with Gasteiger partial charge in [0, 0.05) is 12.6 Å². The van der Waals surface area contributed by atoms with Crippen LogP contribution in [0.5, 0.6) is 0 Å². The van der Waals surface area contributed by atoms with E-state index in [9.17, 15) is 4.79 Å². The minimum atomic E-state index is -0.374. The molecule has 4 nitrogen and oxygen atoms in total. The highest BCUT2D eigenvalue weighted by molar-refractivity contribution is 5.74. The molecule has 2 aliphatic heterocycles. The average Bonchev–Trinajstić information content (AvgIpc) is 2.47. The zero-order chi connectivity index (χ0) is 10.5. The van der Waals surface area contributed by atoms with Gasteiger partial charge in [0.2, 0.25) is 0 Å². The topological polar surface area (TPSA) is 55.3 Å². The molecule has 2 rings (SSSR count). The van der Waals surface area contributed by atoms with Gasteiger partial charge < -0.3 is 10.5 Å². The Morgan fingerprint density at radius 1 is 1.50 bits per heavy atom. The van der Waals surface area contributed by atoms with E-state index in [2.05, 4.69) is 4.90 Å². The van der Waals surface area contributed by atoms with Gasteiger partial charge in [-0.2, -0.15) is 0 Å². The fourth-order valence-electron chi connectivity index (χ4n) is 2.06. The maximum absolute atomic E-state index is 11.6. The van der Waals surface area contributed by atoms with Crippen LogP contribution in [0.15, 0.2) is 0 Å². The van der Waals surface area contributed by atoms with E-state index < -0.39 is 0 Å². The van der Waals surface area contributed by atoms with Crippen molar-refractivity contribution in [2.24, 2.45) is 11.7 Å². The molecule has 4 atom stereocenters. The standard InChI is InChI=1S/C10H18N2O2/c1-10(2,3)14-9(13)6-4-7-8(11)12(7)5-6/h6-8H,4-5,11H2,1-3H3. The van der Waals surface area contributed by atoms with Crippen LogP contribution in [0.2, 0.25) is 0 Å². The second kappa shape index (κ2) is 2.94. The molecule has 0 aromatic heterocycles. The van der Waals surface area contributed by atoms with Gasteiger partial charge >= 0.3 is 5.97 Å². The van der Waals surface area contributed by atoms with Crippen molar-refractivity contribution in [2.45, 2.75) is 45.0 Å². The summed E-state index contributed by atoms with van der Waals surface area (Å²) in [7, 11) is 0. The minimum absolute atomic E-state index is 0.0408. The minimum Gasteiger partial charge on any atom is -0.460 e. The first-order valence-corrected chi connectivity index (χ1v) is 5.13.